The first-order valence-electron chi connectivity index (χ1n) is 9.08. The zero-order valence-corrected chi connectivity index (χ0v) is 13.9. The van der Waals surface area contributed by atoms with Crippen molar-refractivity contribution in [3.8, 4) is 5.75 Å². The summed E-state index contributed by atoms with van der Waals surface area (Å²) in [5.74, 6) is 3.58. The molecule has 3 aliphatic carbocycles. The Balaban J connectivity index is 1.29. The number of hydrogen-bond donors (Lipinski definition) is 1. The maximum Gasteiger partial charge on any atom is 0.256 e. The van der Waals surface area contributed by atoms with Crippen LogP contribution in [0.3, 0.4) is 0 Å². The number of aryl methyl sites for hydroxylation is 1. The van der Waals surface area contributed by atoms with Gasteiger partial charge in [-0.2, -0.15) is 0 Å². The van der Waals surface area contributed by atoms with Crippen molar-refractivity contribution in [3.63, 3.8) is 0 Å². The Hall–Kier alpha value is -1.29. The topological polar surface area (TPSA) is 51.5 Å². The van der Waals surface area contributed by atoms with Crippen LogP contribution < -0.4 is 5.56 Å². The molecule has 4 fully saturated rings. The van der Waals surface area contributed by atoms with Gasteiger partial charge in [-0.15, -0.1) is 0 Å². The van der Waals surface area contributed by atoms with Crippen LogP contribution in [-0.2, 0) is 4.74 Å². The van der Waals surface area contributed by atoms with Crippen LogP contribution >= 0.6 is 0 Å². The standard InChI is InChI=1S/C19H25NO3/c1-10-9-20(16(22)8-14(10)21)17-4-3-15(23-17)11(2)12-7-13-18(12)19(13)5-6-19/h8-9,11-13,15,17-18,21H,3-7H2,1-2H3. The molecule has 6 unspecified atom stereocenters. The smallest absolute Gasteiger partial charge is 0.256 e. The van der Waals surface area contributed by atoms with E-state index in [1.807, 2.05) is 6.92 Å². The molecule has 4 aliphatic rings. The molecule has 4 heteroatoms. The largest absolute Gasteiger partial charge is 0.507 e. The van der Waals surface area contributed by atoms with E-state index in [1.165, 1.54) is 25.3 Å². The van der Waals surface area contributed by atoms with Crippen LogP contribution in [0.25, 0.3) is 0 Å². The molecule has 4 nitrogen and oxygen atoms in total. The molecule has 5 rings (SSSR count). The second-order valence-electron chi connectivity index (χ2n) is 8.42. The van der Waals surface area contributed by atoms with Crippen molar-refractivity contribution in [1.82, 2.24) is 4.57 Å². The number of aromatic hydroxyl groups is 1. The van der Waals surface area contributed by atoms with E-state index in [9.17, 15) is 9.90 Å². The molecule has 2 heterocycles. The average molecular weight is 315 g/mol. The van der Waals surface area contributed by atoms with E-state index in [0.29, 0.717) is 5.92 Å². The first-order chi connectivity index (χ1) is 11.0. The zero-order valence-electron chi connectivity index (χ0n) is 13.9. The second-order valence-corrected chi connectivity index (χ2v) is 8.42. The number of nitrogens with zero attached hydrogens (tertiary/aromatic N) is 1. The highest BCUT2D eigenvalue weighted by Gasteiger charge is 2.79. The second kappa shape index (κ2) is 4.41. The molecule has 1 aromatic rings. The van der Waals surface area contributed by atoms with Gasteiger partial charge in [0.05, 0.1) is 6.10 Å². The molecule has 0 amide bonds. The molecule has 23 heavy (non-hydrogen) atoms. The monoisotopic (exact) mass is 315 g/mol. The van der Waals surface area contributed by atoms with Gasteiger partial charge in [0.25, 0.3) is 5.56 Å². The van der Waals surface area contributed by atoms with Gasteiger partial charge in [0, 0.05) is 17.8 Å². The van der Waals surface area contributed by atoms with Gasteiger partial charge >= 0.3 is 0 Å². The van der Waals surface area contributed by atoms with Crippen LogP contribution in [0.1, 0.15) is 50.8 Å². The molecule has 0 bridgehead atoms. The van der Waals surface area contributed by atoms with Crippen molar-refractivity contribution in [2.45, 2.75) is 58.3 Å². The summed E-state index contributed by atoms with van der Waals surface area (Å²) >= 11 is 0. The number of ether oxygens (including phenoxy) is 1. The van der Waals surface area contributed by atoms with E-state index in [4.69, 9.17) is 4.74 Å². The molecule has 0 aromatic carbocycles. The van der Waals surface area contributed by atoms with E-state index in [-0.39, 0.29) is 23.6 Å². The Morgan fingerprint density at radius 1 is 1.39 bits per heavy atom. The van der Waals surface area contributed by atoms with Crippen molar-refractivity contribution in [2.24, 2.45) is 29.1 Å². The summed E-state index contributed by atoms with van der Waals surface area (Å²) in [4.78, 5) is 12.1. The predicted octanol–water partition coefficient (Wildman–Crippen LogP) is 3.22. The summed E-state index contributed by atoms with van der Waals surface area (Å²) in [6.07, 6.45) is 8.14. The average Bonchev–Trinajstić information content (AvgIpc) is 3.24. The van der Waals surface area contributed by atoms with E-state index in [1.54, 1.807) is 10.8 Å². The van der Waals surface area contributed by atoms with Gasteiger partial charge in [0.15, 0.2) is 0 Å². The number of hydrogen-bond acceptors (Lipinski definition) is 3. The Labute approximate surface area is 136 Å². The van der Waals surface area contributed by atoms with Gasteiger partial charge in [0.2, 0.25) is 0 Å². The van der Waals surface area contributed by atoms with Crippen LogP contribution in [0, 0.1) is 36.0 Å². The van der Waals surface area contributed by atoms with E-state index >= 15 is 0 Å². The normalized spacial score (nSPS) is 40.5. The van der Waals surface area contributed by atoms with Crippen molar-refractivity contribution >= 4 is 0 Å². The molecule has 3 saturated carbocycles. The lowest BCUT2D eigenvalue weighted by Crippen LogP contribution is -2.32. The van der Waals surface area contributed by atoms with Crippen LogP contribution in [0.4, 0.5) is 0 Å². The van der Waals surface area contributed by atoms with Crippen molar-refractivity contribution in [1.29, 1.82) is 0 Å². The molecule has 1 N–H and O–H groups in total. The molecule has 0 radical (unpaired) electrons. The SMILES string of the molecule is Cc1cn(C2CCC(C(C)C3CC4C3C43CC3)O2)c(=O)cc1O. The molecule has 1 spiro atoms. The third-order valence-corrected chi connectivity index (χ3v) is 7.39. The highest BCUT2D eigenvalue weighted by atomic mass is 16.5. The first-order valence-corrected chi connectivity index (χ1v) is 9.08. The van der Waals surface area contributed by atoms with Gasteiger partial charge < -0.3 is 9.84 Å². The summed E-state index contributed by atoms with van der Waals surface area (Å²) in [6, 6.07) is 1.30. The Morgan fingerprint density at radius 3 is 2.87 bits per heavy atom. The highest BCUT2D eigenvalue weighted by molar-refractivity contribution is 5.28. The third-order valence-electron chi connectivity index (χ3n) is 7.39. The molecule has 1 saturated heterocycles. The first kappa shape index (κ1) is 14.1. The Bertz CT molecular complexity index is 720. The molecular formula is C19H25NO3. The molecular weight excluding hydrogens is 290 g/mol. The van der Waals surface area contributed by atoms with Crippen molar-refractivity contribution in [2.75, 3.05) is 0 Å². The number of pyridine rings is 1. The summed E-state index contributed by atoms with van der Waals surface area (Å²) in [6.45, 7) is 4.17. The summed E-state index contributed by atoms with van der Waals surface area (Å²) in [5, 5.41) is 9.65. The minimum Gasteiger partial charge on any atom is -0.507 e. The molecule has 1 aliphatic heterocycles. The maximum absolute atomic E-state index is 12.1. The Kier molecular flexibility index (Phi) is 2.70. The maximum atomic E-state index is 12.1. The lowest BCUT2D eigenvalue weighted by atomic mass is 9.74. The number of fused-ring (bicyclic) bond motifs is 3. The van der Waals surface area contributed by atoms with Gasteiger partial charge in [-0.1, -0.05) is 6.92 Å². The summed E-state index contributed by atoms with van der Waals surface area (Å²) < 4.78 is 7.94. The molecule has 6 atom stereocenters. The highest BCUT2D eigenvalue weighted by Crippen LogP contribution is 2.86. The van der Waals surface area contributed by atoms with Gasteiger partial charge in [-0.25, -0.2) is 0 Å². The van der Waals surface area contributed by atoms with Crippen LogP contribution in [0.5, 0.6) is 5.75 Å². The predicted molar refractivity (Wildman–Crippen MR) is 86.2 cm³/mol. The quantitative estimate of drug-likeness (QED) is 0.932. The lowest BCUT2D eigenvalue weighted by molar-refractivity contribution is -0.0468. The van der Waals surface area contributed by atoms with Crippen LogP contribution in [0.2, 0.25) is 0 Å². The van der Waals surface area contributed by atoms with Crippen LogP contribution in [0.15, 0.2) is 17.1 Å². The summed E-state index contributed by atoms with van der Waals surface area (Å²) in [7, 11) is 0. The van der Waals surface area contributed by atoms with Gasteiger partial charge in [-0.3, -0.25) is 9.36 Å². The minimum absolute atomic E-state index is 0.0677. The van der Waals surface area contributed by atoms with Gasteiger partial charge in [0.1, 0.15) is 12.0 Å². The van der Waals surface area contributed by atoms with E-state index in [2.05, 4.69) is 6.92 Å². The summed E-state index contributed by atoms with van der Waals surface area (Å²) in [5.41, 5.74) is 1.34. The van der Waals surface area contributed by atoms with E-state index < -0.39 is 0 Å². The fourth-order valence-corrected chi connectivity index (χ4v) is 5.73. The fourth-order valence-electron chi connectivity index (χ4n) is 5.73. The number of rotatable bonds is 3. The third kappa shape index (κ3) is 1.84. The zero-order chi connectivity index (χ0) is 15.9. The fraction of sp³-hybridized carbons (Fsp3) is 0.737. The minimum atomic E-state index is -0.172. The van der Waals surface area contributed by atoms with E-state index in [0.717, 1.165) is 41.6 Å². The lowest BCUT2D eigenvalue weighted by Gasteiger charge is -2.34. The van der Waals surface area contributed by atoms with Gasteiger partial charge in [-0.05, 0) is 68.1 Å². The van der Waals surface area contributed by atoms with Crippen LogP contribution in [-0.4, -0.2) is 15.8 Å². The molecule has 1 aromatic heterocycles. The molecule has 124 valence electrons. The van der Waals surface area contributed by atoms with Crippen molar-refractivity contribution in [3.05, 3.63) is 28.2 Å². The van der Waals surface area contributed by atoms with Crippen molar-refractivity contribution < 1.29 is 9.84 Å². The number of aromatic nitrogens is 1. The Morgan fingerprint density at radius 2 is 2.17 bits per heavy atom.